The Balaban J connectivity index is 1.37. The first-order valence-corrected chi connectivity index (χ1v) is 11.7. The molecule has 1 aliphatic rings. The highest BCUT2D eigenvalue weighted by Crippen LogP contribution is 2.31. The summed E-state index contributed by atoms with van der Waals surface area (Å²) in [4.78, 5) is 24.1. The second-order valence-electron chi connectivity index (χ2n) is 9.20. The number of amides is 1. The van der Waals surface area contributed by atoms with Crippen LogP contribution in [-0.4, -0.2) is 40.7 Å². The maximum Gasteiger partial charge on any atom is 0.263 e. The van der Waals surface area contributed by atoms with E-state index >= 15 is 0 Å². The number of fused-ring (bicyclic) bond motifs is 1. The van der Waals surface area contributed by atoms with Crippen molar-refractivity contribution < 1.29 is 9.32 Å². The zero-order chi connectivity index (χ0) is 22.5. The molecule has 1 N–H and O–H groups in total. The van der Waals surface area contributed by atoms with Crippen LogP contribution in [-0.2, 0) is 17.6 Å². The van der Waals surface area contributed by atoms with Gasteiger partial charge in [-0.25, -0.2) is 4.98 Å². The average Bonchev–Trinajstić information content (AvgIpc) is 3.15. The molecule has 0 saturated carbocycles. The van der Waals surface area contributed by atoms with Crippen LogP contribution in [0.2, 0.25) is 0 Å². The number of piperidine rings is 1. The third kappa shape index (κ3) is 5.44. The van der Waals surface area contributed by atoms with Crippen LogP contribution >= 0.6 is 0 Å². The fourth-order valence-corrected chi connectivity index (χ4v) is 4.67. The topological polar surface area (TPSA) is 84.1 Å². The molecular weight excluding hydrogens is 402 g/mol. The van der Waals surface area contributed by atoms with Gasteiger partial charge in [-0.2, -0.15) is 4.98 Å². The molecule has 170 valence electrons. The molecule has 0 aliphatic carbocycles. The van der Waals surface area contributed by atoms with Crippen LogP contribution in [0, 0.1) is 18.8 Å². The summed E-state index contributed by atoms with van der Waals surface area (Å²) < 4.78 is 5.47. The molecular formula is C25H33N5O2. The van der Waals surface area contributed by atoms with Crippen LogP contribution in [0.25, 0.3) is 11.1 Å². The van der Waals surface area contributed by atoms with Gasteiger partial charge in [0.25, 0.3) is 5.71 Å². The van der Waals surface area contributed by atoms with Crippen molar-refractivity contribution in [1.29, 1.82) is 0 Å². The van der Waals surface area contributed by atoms with E-state index in [9.17, 15) is 4.79 Å². The number of benzene rings is 1. The third-order valence-electron chi connectivity index (χ3n) is 6.09. The Bertz CT molecular complexity index is 1040. The SMILES string of the molecule is Cc1noc2nc(CCC(=O)NCCCc3ccccc3)nc(N3CC(C)CC(C)C3)c12. The number of anilines is 1. The molecule has 0 spiro atoms. The van der Waals surface area contributed by atoms with Crippen molar-refractivity contribution in [2.45, 2.75) is 52.9 Å². The maximum absolute atomic E-state index is 12.4. The number of hydrogen-bond acceptors (Lipinski definition) is 6. The summed E-state index contributed by atoms with van der Waals surface area (Å²) in [6, 6.07) is 10.3. The zero-order valence-corrected chi connectivity index (χ0v) is 19.3. The largest absolute Gasteiger partial charge is 0.356 e. The first-order chi connectivity index (χ1) is 15.5. The number of carbonyl (C=O) groups excluding carboxylic acids is 1. The normalized spacial score (nSPS) is 18.8. The van der Waals surface area contributed by atoms with E-state index in [1.165, 1.54) is 12.0 Å². The van der Waals surface area contributed by atoms with Gasteiger partial charge in [-0.15, -0.1) is 0 Å². The van der Waals surface area contributed by atoms with E-state index in [1.807, 2.05) is 25.1 Å². The lowest BCUT2D eigenvalue weighted by atomic mass is 9.92. The van der Waals surface area contributed by atoms with Crippen LogP contribution in [0.1, 0.15) is 50.2 Å². The summed E-state index contributed by atoms with van der Waals surface area (Å²) in [6.07, 6.45) is 3.94. The third-order valence-corrected chi connectivity index (χ3v) is 6.09. The van der Waals surface area contributed by atoms with Crippen molar-refractivity contribution >= 4 is 22.8 Å². The Morgan fingerprint density at radius 3 is 2.62 bits per heavy atom. The Labute approximate surface area is 189 Å². The molecule has 2 atom stereocenters. The molecule has 3 heterocycles. The first kappa shape index (κ1) is 22.2. The van der Waals surface area contributed by atoms with E-state index in [0.29, 0.717) is 42.8 Å². The second-order valence-corrected chi connectivity index (χ2v) is 9.20. The van der Waals surface area contributed by atoms with Crippen molar-refractivity contribution in [2.24, 2.45) is 11.8 Å². The molecule has 1 aromatic carbocycles. The van der Waals surface area contributed by atoms with E-state index in [1.54, 1.807) is 0 Å². The van der Waals surface area contributed by atoms with Crippen molar-refractivity contribution in [3.05, 3.63) is 47.4 Å². The number of nitrogens with one attached hydrogen (secondary N) is 1. The molecule has 0 radical (unpaired) electrons. The van der Waals surface area contributed by atoms with E-state index < -0.39 is 0 Å². The predicted octanol–water partition coefficient (Wildman–Crippen LogP) is 4.09. The molecule has 2 aromatic heterocycles. The molecule has 7 heteroatoms. The van der Waals surface area contributed by atoms with Crippen LogP contribution in [0.4, 0.5) is 5.82 Å². The molecule has 3 aromatic rings. The Hall–Kier alpha value is -2.96. The number of aryl methyl sites for hydroxylation is 3. The minimum absolute atomic E-state index is 0.0253. The van der Waals surface area contributed by atoms with Crippen LogP contribution in [0.15, 0.2) is 34.9 Å². The van der Waals surface area contributed by atoms with Crippen molar-refractivity contribution in [3.63, 3.8) is 0 Å². The van der Waals surface area contributed by atoms with Crippen molar-refractivity contribution in [1.82, 2.24) is 20.4 Å². The zero-order valence-electron chi connectivity index (χ0n) is 19.3. The maximum atomic E-state index is 12.4. The molecule has 2 unspecified atom stereocenters. The number of aromatic nitrogens is 3. The fraction of sp³-hybridized carbons (Fsp3) is 0.520. The van der Waals surface area contributed by atoms with Crippen LogP contribution < -0.4 is 10.2 Å². The van der Waals surface area contributed by atoms with Gasteiger partial charge in [-0.05, 0) is 43.6 Å². The van der Waals surface area contributed by atoms with Gasteiger partial charge in [-0.1, -0.05) is 49.3 Å². The molecule has 1 aliphatic heterocycles. The molecule has 4 rings (SSSR count). The second kappa shape index (κ2) is 10.1. The number of hydrogen-bond donors (Lipinski definition) is 1. The van der Waals surface area contributed by atoms with Gasteiger partial charge in [0.15, 0.2) is 0 Å². The van der Waals surface area contributed by atoms with Gasteiger partial charge in [0.05, 0.1) is 5.69 Å². The van der Waals surface area contributed by atoms with Gasteiger partial charge >= 0.3 is 0 Å². The van der Waals surface area contributed by atoms with Gasteiger partial charge < -0.3 is 14.7 Å². The predicted molar refractivity (Wildman–Crippen MR) is 126 cm³/mol. The number of carbonyl (C=O) groups is 1. The Morgan fingerprint density at radius 2 is 1.88 bits per heavy atom. The standard InChI is InChI=1S/C25H33N5O2/c1-17-14-18(2)16-30(15-17)24-23-19(3)29-32-25(23)28-21(27-24)11-12-22(31)26-13-7-10-20-8-5-4-6-9-20/h4-6,8-9,17-18H,7,10-16H2,1-3H3,(H,26,31). The lowest BCUT2D eigenvalue weighted by molar-refractivity contribution is -0.121. The molecule has 0 bridgehead atoms. The minimum atomic E-state index is 0.0253. The highest BCUT2D eigenvalue weighted by molar-refractivity contribution is 5.88. The van der Waals surface area contributed by atoms with Gasteiger partial charge in [0, 0.05) is 32.5 Å². The summed E-state index contributed by atoms with van der Waals surface area (Å²) >= 11 is 0. The molecule has 1 saturated heterocycles. The smallest absolute Gasteiger partial charge is 0.263 e. The Kier molecular flexibility index (Phi) is 7.02. The summed E-state index contributed by atoms with van der Waals surface area (Å²) in [5.41, 5.74) is 2.61. The summed E-state index contributed by atoms with van der Waals surface area (Å²) in [6.45, 7) is 9.09. The van der Waals surface area contributed by atoms with Crippen LogP contribution in [0.3, 0.4) is 0 Å². The highest BCUT2D eigenvalue weighted by atomic mass is 16.5. The van der Waals surface area contributed by atoms with E-state index in [-0.39, 0.29) is 5.91 Å². The minimum Gasteiger partial charge on any atom is -0.356 e. The lowest BCUT2D eigenvalue weighted by Gasteiger charge is -2.36. The van der Waals surface area contributed by atoms with Gasteiger partial charge in [0.2, 0.25) is 5.91 Å². The number of nitrogens with zero attached hydrogens (tertiary/aromatic N) is 4. The molecule has 1 fully saturated rings. The lowest BCUT2D eigenvalue weighted by Crippen LogP contribution is -2.39. The Morgan fingerprint density at radius 1 is 1.12 bits per heavy atom. The molecule has 1 amide bonds. The van der Waals surface area contributed by atoms with E-state index in [4.69, 9.17) is 9.51 Å². The molecule has 32 heavy (non-hydrogen) atoms. The van der Waals surface area contributed by atoms with E-state index in [0.717, 1.165) is 42.8 Å². The summed E-state index contributed by atoms with van der Waals surface area (Å²) in [7, 11) is 0. The van der Waals surface area contributed by atoms with E-state index in [2.05, 4.69) is 46.3 Å². The summed E-state index contributed by atoms with van der Waals surface area (Å²) in [5.74, 6) is 2.76. The summed E-state index contributed by atoms with van der Waals surface area (Å²) in [5, 5.41) is 8.02. The quantitative estimate of drug-likeness (QED) is 0.537. The van der Waals surface area contributed by atoms with Gasteiger partial charge in [-0.3, -0.25) is 4.79 Å². The fourth-order valence-electron chi connectivity index (χ4n) is 4.67. The van der Waals surface area contributed by atoms with Crippen molar-refractivity contribution in [3.8, 4) is 0 Å². The average molecular weight is 436 g/mol. The molecule has 7 nitrogen and oxygen atoms in total. The highest BCUT2D eigenvalue weighted by Gasteiger charge is 2.27. The van der Waals surface area contributed by atoms with Crippen molar-refractivity contribution in [2.75, 3.05) is 24.5 Å². The number of rotatable bonds is 8. The van der Waals surface area contributed by atoms with Gasteiger partial charge in [0.1, 0.15) is 17.0 Å². The monoisotopic (exact) mass is 435 g/mol. The first-order valence-electron chi connectivity index (χ1n) is 11.7. The van der Waals surface area contributed by atoms with Crippen LogP contribution in [0.5, 0.6) is 0 Å².